The number of hydrogen-bond acceptors (Lipinski definition) is 14. The van der Waals surface area contributed by atoms with E-state index in [1.807, 2.05) is 0 Å². The van der Waals surface area contributed by atoms with Gasteiger partial charge in [0.1, 0.15) is 46.7 Å². The average Bonchev–Trinajstić information content (AvgIpc) is 2.95. The van der Waals surface area contributed by atoms with Gasteiger partial charge in [0.05, 0.1) is 5.56 Å². The minimum absolute atomic E-state index is 0.0271. The Morgan fingerprint density at radius 1 is 0.659 bits per heavy atom. The van der Waals surface area contributed by atoms with E-state index in [9.17, 15) is 56.2 Å². The van der Waals surface area contributed by atoms with Gasteiger partial charge in [-0.15, -0.1) is 0 Å². The van der Waals surface area contributed by atoms with Gasteiger partial charge in [0.25, 0.3) is 5.79 Å². The summed E-state index contributed by atoms with van der Waals surface area (Å²) in [6.07, 6.45) is -6.89. The van der Waals surface area contributed by atoms with Gasteiger partial charge in [-0.1, -0.05) is 6.07 Å². The molecule has 0 saturated heterocycles. The summed E-state index contributed by atoms with van der Waals surface area (Å²) in [5.41, 5.74) is -0.328. The summed E-state index contributed by atoms with van der Waals surface area (Å²) in [4.78, 5) is 0. The Bertz CT molecular complexity index is 1770. The van der Waals surface area contributed by atoms with Crippen molar-refractivity contribution in [3.8, 4) is 63.2 Å². The van der Waals surface area contributed by atoms with Crippen molar-refractivity contribution >= 4 is 0 Å². The van der Waals surface area contributed by atoms with E-state index in [0.29, 0.717) is 0 Å². The molecule has 0 amide bonds. The van der Waals surface area contributed by atoms with Gasteiger partial charge in [0.2, 0.25) is 0 Å². The van der Waals surface area contributed by atoms with Gasteiger partial charge in [0, 0.05) is 41.8 Å². The molecule has 2 heterocycles. The molecule has 0 aliphatic carbocycles. The number of hydrogen-bond donors (Lipinski definition) is 11. The third kappa shape index (κ3) is 4.48. The molecule has 6 rings (SSSR count). The smallest absolute Gasteiger partial charge is 0.267 e. The molecule has 230 valence electrons. The molecule has 5 atom stereocenters. The molecule has 0 aromatic heterocycles. The summed E-state index contributed by atoms with van der Waals surface area (Å²) >= 11 is 0. The van der Waals surface area contributed by atoms with Crippen molar-refractivity contribution in [2.75, 3.05) is 0 Å². The summed E-state index contributed by atoms with van der Waals surface area (Å²) < 4.78 is 18.6. The van der Waals surface area contributed by atoms with Crippen LogP contribution in [0, 0.1) is 0 Å². The van der Waals surface area contributed by atoms with E-state index in [2.05, 4.69) is 0 Å². The Hall–Kier alpha value is -5.44. The molecule has 2 aliphatic rings. The van der Waals surface area contributed by atoms with E-state index in [0.717, 1.165) is 36.4 Å². The molecule has 14 heteroatoms. The van der Waals surface area contributed by atoms with Gasteiger partial charge in [-0.25, -0.2) is 0 Å². The summed E-state index contributed by atoms with van der Waals surface area (Å²) in [7, 11) is 0. The topological polar surface area (TPSA) is 250 Å². The number of rotatable bonds is 4. The summed E-state index contributed by atoms with van der Waals surface area (Å²) in [5.74, 6) is -8.39. The maximum Gasteiger partial charge on any atom is 0.267 e. The maximum absolute atomic E-state index is 11.6. The van der Waals surface area contributed by atoms with Crippen LogP contribution in [0.15, 0.2) is 54.6 Å². The van der Waals surface area contributed by atoms with Crippen LogP contribution in [0.2, 0.25) is 0 Å². The lowest BCUT2D eigenvalue weighted by Crippen LogP contribution is -2.55. The van der Waals surface area contributed by atoms with Crippen LogP contribution in [0.3, 0.4) is 0 Å². The molecular formula is C30H26O14. The minimum Gasteiger partial charge on any atom is -0.508 e. The van der Waals surface area contributed by atoms with Gasteiger partial charge in [-0.3, -0.25) is 0 Å². The zero-order valence-corrected chi connectivity index (χ0v) is 22.4. The highest BCUT2D eigenvalue weighted by Gasteiger charge is 2.56. The molecule has 0 spiro atoms. The van der Waals surface area contributed by atoms with E-state index in [4.69, 9.17) is 14.2 Å². The molecule has 4 aromatic rings. The number of aliphatic hydroxyl groups is 2. The van der Waals surface area contributed by atoms with Crippen molar-refractivity contribution in [3.05, 3.63) is 76.9 Å². The van der Waals surface area contributed by atoms with Gasteiger partial charge >= 0.3 is 0 Å². The van der Waals surface area contributed by atoms with Crippen LogP contribution in [-0.4, -0.2) is 68.4 Å². The van der Waals surface area contributed by atoms with Crippen LogP contribution in [-0.2, 0) is 16.9 Å². The van der Waals surface area contributed by atoms with Gasteiger partial charge in [-0.2, -0.15) is 0 Å². The van der Waals surface area contributed by atoms with Crippen LogP contribution in [0.5, 0.6) is 63.2 Å². The van der Waals surface area contributed by atoms with E-state index >= 15 is 0 Å². The minimum atomic E-state index is -2.59. The summed E-state index contributed by atoms with van der Waals surface area (Å²) in [5, 5.41) is 115. The molecule has 0 bridgehead atoms. The quantitative estimate of drug-likeness (QED) is 0.149. The van der Waals surface area contributed by atoms with E-state index in [1.165, 1.54) is 18.2 Å². The summed E-state index contributed by atoms with van der Waals surface area (Å²) in [6, 6.07) is 9.67. The number of phenols is 9. The van der Waals surface area contributed by atoms with Crippen molar-refractivity contribution in [3.63, 3.8) is 0 Å². The van der Waals surface area contributed by atoms with Crippen molar-refractivity contribution < 1.29 is 70.4 Å². The van der Waals surface area contributed by atoms with E-state index < -0.39 is 70.4 Å². The molecule has 0 unspecified atom stereocenters. The maximum atomic E-state index is 11.6. The largest absolute Gasteiger partial charge is 0.508 e. The standard InChI is InChI=1S/C30H26O14/c31-13-6-17(34)15-10-24(28(42-22(15)8-13)11-1-2-16(33)18(35)3-11)44-30(12-4-20(37)26(39)21(38)5-12)29(41)27(40)25-19(36)7-14(32)9-23(25)43-30/h1-9,24,27-29,31-41H,10H2/t24-,27+,28-,29+,30+/m0/s1. The highest BCUT2D eigenvalue weighted by molar-refractivity contribution is 5.57. The van der Waals surface area contributed by atoms with Crippen LogP contribution in [0.1, 0.15) is 34.5 Å². The zero-order chi connectivity index (χ0) is 31.7. The Kier molecular flexibility index (Phi) is 6.57. The molecule has 4 aromatic carbocycles. The summed E-state index contributed by atoms with van der Waals surface area (Å²) in [6.45, 7) is 0. The first-order valence-electron chi connectivity index (χ1n) is 13.1. The number of aliphatic hydroxyl groups excluding tert-OH is 2. The fraction of sp³-hybridized carbons (Fsp3) is 0.200. The first-order chi connectivity index (χ1) is 20.8. The number of fused-ring (bicyclic) bond motifs is 2. The average molecular weight is 611 g/mol. The Balaban J connectivity index is 1.56. The number of ether oxygens (including phenoxy) is 3. The SMILES string of the molecule is Oc1cc(O)c2c(c1)O[C@@H](c1ccc(O)c(O)c1)[C@@H](O[C@@]1(c3cc(O)c(O)c(O)c3)Oc3cc(O)cc(O)c3[C@@H](O)[C@H]1O)C2. The molecule has 0 radical (unpaired) electrons. The van der Waals surface area contributed by atoms with Crippen molar-refractivity contribution in [2.45, 2.75) is 36.6 Å². The van der Waals surface area contributed by atoms with Crippen LogP contribution in [0.25, 0.3) is 0 Å². The first-order valence-corrected chi connectivity index (χ1v) is 13.1. The second-order valence-electron chi connectivity index (χ2n) is 10.5. The fourth-order valence-corrected chi connectivity index (χ4v) is 5.54. The second kappa shape index (κ2) is 10.1. The Labute approximate surface area is 247 Å². The molecule has 0 saturated carbocycles. The predicted octanol–water partition coefficient (Wildman–Crippen LogP) is 2.44. The molecule has 14 nitrogen and oxygen atoms in total. The van der Waals surface area contributed by atoms with Crippen LogP contribution < -0.4 is 9.47 Å². The third-order valence-electron chi connectivity index (χ3n) is 7.64. The van der Waals surface area contributed by atoms with E-state index in [1.54, 1.807) is 0 Å². The molecule has 11 N–H and O–H groups in total. The molecular weight excluding hydrogens is 584 g/mol. The van der Waals surface area contributed by atoms with Crippen molar-refractivity contribution in [2.24, 2.45) is 0 Å². The van der Waals surface area contributed by atoms with Gasteiger partial charge in [0.15, 0.2) is 41.0 Å². The highest BCUT2D eigenvalue weighted by Crippen LogP contribution is 2.54. The molecule has 0 fully saturated rings. The monoisotopic (exact) mass is 610 g/mol. The Morgan fingerprint density at radius 2 is 1.30 bits per heavy atom. The van der Waals surface area contributed by atoms with Crippen molar-refractivity contribution in [1.82, 2.24) is 0 Å². The van der Waals surface area contributed by atoms with Crippen LogP contribution >= 0.6 is 0 Å². The zero-order valence-electron chi connectivity index (χ0n) is 22.4. The first kappa shape index (κ1) is 28.7. The van der Waals surface area contributed by atoms with Crippen molar-refractivity contribution in [1.29, 1.82) is 0 Å². The van der Waals surface area contributed by atoms with Gasteiger partial charge in [-0.05, 0) is 29.8 Å². The lowest BCUT2D eigenvalue weighted by Gasteiger charge is -2.47. The lowest BCUT2D eigenvalue weighted by atomic mass is 9.86. The normalized spacial score (nSPS) is 24.0. The molecule has 2 aliphatic heterocycles. The van der Waals surface area contributed by atoms with Gasteiger partial charge < -0.3 is 70.4 Å². The lowest BCUT2D eigenvalue weighted by molar-refractivity contribution is -0.307. The number of benzene rings is 4. The number of aromatic hydroxyl groups is 9. The number of phenolic OH excluding ortho intramolecular Hbond substituents is 9. The fourth-order valence-electron chi connectivity index (χ4n) is 5.54. The molecule has 44 heavy (non-hydrogen) atoms. The highest BCUT2D eigenvalue weighted by atomic mass is 16.7. The predicted molar refractivity (Wildman–Crippen MR) is 146 cm³/mol. The third-order valence-corrected chi connectivity index (χ3v) is 7.64. The van der Waals surface area contributed by atoms with E-state index in [-0.39, 0.29) is 51.7 Å². The van der Waals surface area contributed by atoms with Crippen LogP contribution in [0.4, 0.5) is 0 Å². The Morgan fingerprint density at radius 3 is 1.95 bits per heavy atom. The second-order valence-corrected chi connectivity index (χ2v) is 10.5.